The van der Waals surface area contributed by atoms with E-state index >= 15 is 0 Å². The lowest BCUT2D eigenvalue weighted by Gasteiger charge is -2.29. The van der Waals surface area contributed by atoms with Crippen LogP contribution in [-0.2, 0) is 0 Å². The van der Waals surface area contributed by atoms with E-state index < -0.39 is 0 Å². The van der Waals surface area contributed by atoms with Gasteiger partial charge in [0, 0.05) is 5.56 Å². The van der Waals surface area contributed by atoms with Crippen LogP contribution >= 0.6 is 0 Å². The summed E-state index contributed by atoms with van der Waals surface area (Å²) >= 11 is 0. The lowest BCUT2D eigenvalue weighted by Crippen LogP contribution is -2.19. The average molecular weight is 294 g/mol. The second kappa shape index (κ2) is 7.17. The van der Waals surface area contributed by atoms with Gasteiger partial charge < -0.3 is 9.47 Å². The van der Waals surface area contributed by atoms with Crippen molar-refractivity contribution in [3.8, 4) is 11.5 Å². The van der Waals surface area contributed by atoms with Gasteiger partial charge in [0.15, 0.2) is 17.6 Å². The first kappa shape index (κ1) is 14.7. The maximum Gasteiger partial charge on any atom is 0.181 e. The maximum atomic E-state index is 6.19. The van der Waals surface area contributed by atoms with Crippen LogP contribution in [0.25, 0.3) is 0 Å². The summed E-state index contributed by atoms with van der Waals surface area (Å²) in [5.41, 5.74) is 1.12. The van der Waals surface area contributed by atoms with Crippen molar-refractivity contribution in [2.45, 2.75) is 38.7 Å². The molecule has 0 aliphatic carbocycles. The molecule has 0 bridgehead atoms. The Morgan fingerprint density at radius 3 is 2.41 bits per heavy atom. The van der Waals surface area contributed by atoms with E-state index in [9.17, 15) is 0 Å². The molecule has 2 heteroatoms. The number of para-hydroxylation sites is 2. The van der Waals surface area contributed by atoms with Gasteiger partial charge in [0.2, 0.25) is 0 Å². The molecule has 0 amide bonds. The van der Waals surface area contributed by atoms with E-state index in [1.165, 1.54) is 19.3 Å². The van der Waals surface area contributed by atoms with Crippen LogP contribution in [-0.4, -0.2) is 0 Å². The number of benzene rings is 2. The van der Waals surface area contributed by atoms with Crippen LogP contribution in [0.1, 0.15) is 44.3 Å². The number of allylic oxidation sites excluding steroid dienone is 1. The Kier molecular flexibility index (Phi) is 4.79. The molecule has 1 atom stereocenters. The summed E-state index contributed by atoms with van der Waals surface area (Å²) in [6, 6.07) is 18.1. The number of hydrogen-bond acceptors (Lipinski definition) is 2. The largest absolute Gasteiger partial charge is 0.474 e. The van der Waals surface area contributed by atoms with Crippen molar-refractivity contribution in [1.82, 2.24) is 0 Å². The van der Waals surface area contributed by atoms with Crippen LogP contribution < -0.4 is 9.47 Å². The van der Waals surface area contributed by atoms with E-state index in [2.05, 4.69) is 25.1 Å². The van der Waals surface area contributed by atoms with Crippen LogP contribution in [0.5, 0.6) is 11.5 Å². The molecular formula is C20H22O2. The highest BCUT2D eigenvalue weighted by Gasteiger charge is 2.27. The molecule has 0 fully saturated rings. The lowest BCUT2D eigenvalue weighted by atomic mass is 10.0. The molecule has 3 rings (SSSR count). The van der Waals surface area contributed by atoms with Gasteiger partial charge in [-0.2, -0.15) is 0 Å². The molecule has 22 heavy (non-hydrogen) atoms. The summed E-state index contributed by atoms with van der Waals surface area (Å²) in [4.78, 5) is 0. The maximum absolute atomic E-state index is 6.19. The van der Waals surface area contributed by atoms with Crippen LogP contribution in [0.15, 0.2) is 66.4 Å². The van der Waals surface area contributed by atoms with E-state index in [1.54, 1.807) is 0 Å². The van der Waals surface area contributed by atoms with Crippen molar-refractivity contribution >= 4 is 0 Å². The SMILES string of the molecule is CCCCC/C=C1\Oc2ccccc2OC1c1ccccc1. The second-order valence-corrected chi connectivity index (χ2v) is 5.56. The number of unbranched alkanes of at least 4 members (excludes halogenated alkanes) is 3. The smallest absolute Gasteiger partial charge is 0.181 e. The fraction of sp³-hybridized carbons (Fsp3) is 0.300. The van der Waals surface area contributed by atoms with Crippen molar-refractivity contribution in [2.24, 2.45) is 0 Å². The third-order valence-electron chi connectivity index (χ3n) is 3.84. The summed E-state index contributed by atoms with van der Waals surface area (Å²) in [6.07, 6.45) is 6.72. The van der Waals surface area contributed by atoms with Gasteiger partial charge in [0.1, 0.15) is 5.76 Å². The van der Waals surface area contributed by atoms with E-state index in [1.807, 2.05) is 42.5 Å². The molecule has 2 nitrogen and oxygen atoms in total. The van der Waals surface area contributed by atoms with Gasteiger partial charge >= 0.3 is 0 Å². The Morgan fingerprint density at radius 2 is 1.64 bits per heavy atom. The Bertz CT molecular complexity index is 631. The fourth-order valence-electron chi connectivity index (χ4n) is 2.64. The van der Waals surface area contributed by atoms with Crippen molar-refractivity contribution in [1.29, 1.82) is 0 Å². The number of fused-ring (bicyclic) bond motifs is 1. The standard InChI is InChI=1S/C20H22O2/c1-2-3-4-8-15-19-20(16-11-6-5-7-12-16)22-18-14-10-9-13-17(18)21-19/h5-7,9-15,20H,2-4,8H2,1H3/b19-15-. The second-order valence-electron chi connectivity index (χ2n) is 5.56. The predicted octanol–water partition coefficient (Wildman–Crippen LogP) is 5.66. The van der Waals surface area contributed by atoms with Gasteiger partial charge in [-0.25, -0.2) is 0 Å². The molecular weight excluding hydrogens is 272 g/mol. The van der Waals surface area contributed by atoms with E-state index in [4.69, 9.17) is 9.47 Å². The minimum Gasteiger partial charge on any atom is -0.474 e. The normalized spacial score (nSPS) is 18.4. The van der Waals surface area contributed by atoms with Crippen LogP contribution in [0.4, 0.5) is 0 Å². The fourth-order valence-corrected chi connectivity index (χ4v) is 2.64. The first-order valence-corrected chi connectivity index (χ1v) is 8.07. The molecule has 2 aromatic rings. The quantitative estimate of drug-likeness (QED) is 0.662. The summed E-state index contributed by atoms with van der Waals surface area (Å²) in [7, 11) is 0. The highest BCUT2D eigenvalue weighted by molar-refractivity contribution is 5.45. The molecule has 1 heterocycles. The molecule has 1 unspecified atom stereocenters. The molecule has 0 aromatic heterocycles. The Balaban J connectivity index is 1.87. The number of ether oxygens (including phenoxy) is 2. The van der Waals surface area contributed by atoms with Gasteiger partial charge in [-0.15, -0.1) is 0 Å². The summed E-state index contributed by atoms with van der Waals surface area (Å²) in [5.74, 6) is 2.51. The van der Waals surface area contributed by atoms with E-state index in [0.29, 0.717) is 0 Å². The van der Waals surface area contributed by atoms with Gasteiger partial charge in [0.05, 0.1) is 0 Å². The molecule has 114 valence electrons. The Hall–Kier alpha value is -2.22. The van der Waals surface area contributed by atoms with Gasteiger partial charge in [0.25, 0.3) is 0 Å². The number of rotatable bonds is 5. The molecule has 0 spiro atoms. The topological polar surface area (TPSA) is 18.5 Å². The predicted molar refractivity (Wildman–Crippen MR) is 89.1 cm³/mol. The zero-order chi connectivity index (χ0) is 15.2. The van der Waals surface area contributed by atoms with Crippen LogP contribution in [0.3, 0.4) is 0 Å². The first-order valence-electron chi connectivity index (χ1n) is 8.07. The zero-order valence-electron chi connectivity index (χ0n) is 13.0. The van der Waals surface area contributed by atoms with E-state index in [-0.39, 0.29) is 6.10 Å². The Labute approximate surface area is 132 Å². The highest BCUT2D eigenvalue weighted by Crippen LogP contribution is 2.41. The third kappa shape index (κ3) is 3.33. The minimum atomic E-state index is -0.155. The van der Waals surface area contributed by atoms with Crippen molar-refractivity contribution in [3.05, 3.63) is 72.0 Å². The zero-order valence-corrected chi connectivity index (χ0v) is 13.0. The first-order chi connectivity index (χ1) is 10.9. The molecule has 0 N–H and O–H groups in total. The molecule has 0 saturated heterocycles. The summed E-state index contributed by atoms with van der Waals surface area (Å²) in [6.45, 7) is 2.22. The number of hydrogen-bond donors (Lipinski definition) is 0. The minimum absolute atomic E-state index is 0.155. The van der Waals surface area contributed by atoms with Gasteiger partial charge in [-0.05, 0) is 31.1 Å². The molecule has 1 aliphatic rings. The summed E-state index contributed by atoms with van der Waals surface area (Å²) < 4.78 is 12.3. The van der Waals surface area contributed by atoms with Crippen LogP contribution in [0.2, 0.25) is 0 Å². The van der Waals surface area contributed by atoms with Crippen molar-refractivity contribution in [2.75, 3.05) is 0 Å². The monoisotopic (exact) mass is 294 g/mol. The summed E-state index contributed by atoms with van der Waals surface area (Å²) in [5, 5.41) is 0. The third-order valence-corrected chi connectivity index (χ3v) is 3.84. The van der Waals surface area contributed by atoms with Crippen molar-refractivity contribution < 1.29 is 9.47 Å². The van der Waals surface area contributed by atoms with Gasteiger partial charge in [-0.1, -0.05) is 62.2 Å². The highest BCUT2D eigenvalue weighted by atomic mass is 16.6. The average Bonchev–Trinajstić information content (AvgIpc) is 2.59. The van der Waals surface area contributed by atoms with E-state index in [0.717, 1.165) is 29.2 Å². The lowest BCUT2D eigenvalue weighted by molar-refractivity contribution is 0.147. The molecule has 1 aliphatic heterocycles. The Morgan fingerprint density at radius 1 is 0.909 bits per heavy atom. The van der Waals surface area contributed by atoms with Crippen LogP contribution in [0, 0.1) is 0 Å². The molecule has 0 saturated carbocycles. The molecule has 2 aromatic carbocycles. The molecule has 0 radical (unpaired) electrons. The van der Waals surface area contributed by atoms with Gasteiger partial charge in [-0.3, -0.25) is 0 Å². The van der Waals surface area contributed by atoms with Crippen molar-refractivity contribution in [3.63, 3.8) is 0 Å².